The minimum atomic E-state index is -0.645. The first-order valence-corrected chi connectivity index (χ1v) is 9.70. The van der Waals surface area contributed by atoms with E-state index in [0.717, 1.165) is 19.3 Å². The number of hydrogen-bond donors (Lipinski definition) is 0. The summed E-state index contributed by atoms with van der Waals surface area (Å²) >= 11 is 0. The predicted octanol–water partition coefficient (Wildman–Crippen LogP) is 4.43. The van der Waals surface area contributed by atoms with E-state index >= 15 is 0 Å². The van der Waals surface area contributed by atoms with Gasteiger partial charge in [-0.15, -0.1) is 0 Å². The zero-order valence-corrected chi connectivity index (χ0v) is 15.0. The van der Waals surface area contributed by atoms with Crippen LogP contribution in [0.5, 0.6) is 0 Å². The molecule has 0 unspecified atom stereocenters. The molecule has 4 aliphatic heterocycles. The third-order valence-electron chi connectivity index (χ3n) is 7.14. The lowest BCUT2D eigenvalue weighted by atomic mass is 9.57. The van der Waals surface area contributed by atoms with Crippen LogP contribution in [0.3, 0.4) is 0 Å². The third-order valence-corrected chi connectivity index (χ3v) is 7.14. The molecular weight excluding hydrogens is 292 g/mol. The fourth-order valence-electron chi connectivity index (χ4n) is 5.71. The first-order chi connectivity index (χ1) is 11.0. The molecule has 2 bridgehead atoms. The van der Waals surface area contributed by atoms with Crippen molar-refractivity contribution in [3.05, 3.63) is 0 Å². The van der Waals surface area contributed by atoms with Crippen molar-refractivity contribution < 1.29 is 19.2 Å². The highest BCUT2D eigenvalue weighted by Gasteiger charge is 2.69. The lowest BCUT2D eigenvalue weighted by Gasteiger charge is -2.60. The van der Waals surface area contributed by atoms with Crippen molar-refractivity contribution in [2.75, 3.05) is 0 Å². The number of hydrogen-bond acceptors (Lipinski definition) is 4. The van der Waals surface area contributed by atoms with Crippen LogP contribution in [0, 0.1) is 23.7 Å². The molecule has 0 aromatic rings. The van der Waals surface area contributed by atoms with Gasteiger partial charge in [-0.3, -0.25) is 0 Å². The highest BCUT2D eigenvalue weighted by molar-refractivity contribution is 5.09. The van der Waals surface area contributed by atoms with Crippen LogP contribution in [0.1, 0.15) is 72.6 Å². The van der Waals surface area contributed by atoms with E-state index in [1.54, 1.807) is 0 Å². The number of rotatable bonds is 3. The van der Waals surface area contributed by atoms with Crippen LogP contribution in [0.15, 0.2) is 0 Å². The summed E-state index contributed by atoms with van der Waals surface area (Å²) in [4.78, 5) is 12.0. The summed E-state index contributed by atoms with van der Waals surface area (Å²) in [7, 11) is 0. The van der Waals surface area contributed by atoms with E-state index in [1.807, 2.05) is 6.92 Å². The fourth-order valence-corrected chi connectivity index (χ4v) is 5.71. The molecule has 5 aliphatic rings. The lowest BCUT2D eigenvalue weighted by Crippen LogP contribution is -2.70. The van der Waals surface area contributed by atoms with Crippen molar-refractivity contribution in [3.8, 4) is 0 Å². The SMILES string of the molecule is CCCC[C@H]1O[C@H]2O[C@@]3(C)CC[C@H]4[C@H](C)CC[C@@H]([C@H]1C)[C@@]24OO3. The van der Waals surface area contributed by atoms with Crippen LogP contribution in [0.4, 0.5) is 0 Å². The standard InChI is InChI=1S/C19H32O4/c1-5-6-7-16-13(3)15-9-8-12(2)14-10-11-18(4)21-17(20-16)19(14,15)23-22-18/h12-17H,5-11H2,1-4H3/t12-,13-,14+,15+,16-,17+,18-,19-/m1/s1. The van der Waals surface area contributed by atoms with Crippen molar-refractivity contribution in [1.82, 2.24) is 0 Å². The normalized spacial score (nSPS) is 55.3. The summed E-state index contributed by atoms with van der Waals surface area (Å²) < 4.78 is 12.9. The van der Waals surface area contributed by atoms with Gasteiger partial charge < -0.3 is 9.47 Å². The minimum Gasteiger partial charge on any atom is -0.346 e. The average molecular weight is 324 g/mol. The van der Waals surface area contributed by atoms with E-state index in [1.165, 1.54) is 25.7 Å². The topological polar surface area (TPSA) is 36.9 Å². The molecule has 4 heterocycles. The molecule has 23 heavy (non-hydrogen) atoms. The van der Waals surface area contributed by atoms with E-state index in [-0.39, 0.29) is 12.4 Å². The Morgan fingerprint density at radius 2 is 1.87 bits per heavy atom. The average Bonchev–Trinajstić information content (AvgIpc) is 2.76. The van der Waals surface area contributed by atoms with Gasteiger partial charge in [-0.2, -0.15) is 0 Å². The predicted molar refractivity (Wildman–Crippen MR) is 86.4 cm³/mol. The van der Waals surface area contributed by atoms with Gasteiger partial charge in [0, 0.05) is 12.3 Å². The maximum absolute atomic E-state index is 6.53. The number of ether oxygens (including phenoxy) is 2. The third kappa shape index (κ3) is 2.32. The van der Waals surface area contributed by atoms with Gasteiger partial charge in [-0.05, 0) is 50.4 Å². The summed E-state index contributed by atoms with van der Waals surface area (Å²) in [6, 6.07) is 0. The Hall–Kier alpha value is -0.160. The highest BCUT2D eigenvalue weighted by atomic mass is 17.3. The Labute approximate surface area is 140 Å². The molecule has 8 atom stereocenters. The smallest absolute Gasteiger partial charge is 0.201 e. The second-order valence-electron chi connectivity index (χ2n) is 8.59. The number of unbranched alkanes of at least 4 members (excludes halogenated alkanes) is 1. The van der Waals surface area contributed by atoms with Crippen molar-refractivity contribution in [3.63, 3.8) is 0 Å². The summed E-state index contributed by atoms with van der Waals surface area (Å²) in [6.45, 7) is 8.96. The zero-order valence-electron chi connectivity index (χ0n) is 15.0. The Morgan fingerprint density at radius 1 is 1.04 bits per heavy atom. The Kier molecular flexibility index (Phi) is 4.03. The quantitative estimate of drug-likeness (QED) is 0.720. The molecule has 4 saturated heterocycles. The summed E-state index contributed by atoms with van der Waals surface area (Å²) in [5.41, 5.74) is -0.393. The molecule has 0 radical (unpaired) electrons. The van der Waals surface area contributed by atoms with E-state index in [9.17, 15) is 0 Å². The van der Waals surface area contributed by atoms with E-state index < -0.39 is 11.4 Å². The molecular formula is C19H32O4. The highest BCUT2D eigenvalue weighted by Crippen LogP contribution is 2.60. The number of fused-ring (bicyclic) bond motifs is 2. The second kappa shape index (κ2) is 5.69. The molecule has 5 rings (SSSR count). The van der Waals surface area contributed by atoms with Gasteiger partial charge in [0.2, 0.25) is 5.79 Å². The first kappa shape index (κ1) is 16.3. The molecule has 0 amide bonds. The monoisotopic (exact) mass is 324 g/mol. The van der Waals surface area contributed by atoms with Crippen LogP contribution in [0.2, 0.25) is 0 Å². The Bertz CT molecular complexity index is 455. The molecule has 132 valence electrons. The van der Waals surface area contributed by atoms with Gasteiger partial charge in [-0.25, -0.2) is 9.78 Å². The van der Waals surface area contributed by atoms with Crippen molar-refractivity contribution in [2.24, 2.45) is 23.7 Å². The van der Waals surface area contributed by atoms with Crippen LogP contribution in [-0.4, -0.2) is 23.8 Å². The van der Waals surface area contributed by atoms with Gasteiger partial charge in [0.05, 0.1) is 6.10 Å². The van der Waals surface area contributed by atoms with Gasteiger partial charge >= 0.3 is 0 Å². The molecule has 1 spiro atoms. The van der Waals surface area contributed by atoms with E-state index in [2.05, 4.69) is 20.8 Å². The summed E-state index contributed by atoms with van der Waals surface area (Å²) in [5, 5.41) is 0. The maximum atomic E-state index is 6.53. The van der Waals surface area contributed by atoms with Gasteiger partial charge in [0.15, 0.2) is 11.9 Å². The van der Waals surface area contributed by atoms with Crippen molar-refractivity contribution in [2.45, 2.75) is 96.4 Å². The van der Waals surface area contributed by atoms with Gasteiger partial charge in [-0.1, -0.05) is 33.6 Å². The molecule has 4 heteroatoms. The van der Waals surface area contributed by atoms with Crippen LogP contribution < -0.4 is 0 Å². The Balaban J connectivity index is 1.70. The molecule has 1 saturated carbocycles. The van der Waals surface area contributed by atoms with E-state index in [0.29, 0.717) is 23.7 Å². The zero-order chi connectivity index (χ0) is 16.2. The van der Waals surface area contributed by atoms with Crippen LogP contribution >= 0.6 is 0 Å². The van der Waals surface area contributed by atoms with Gasteiger partial charge in [0.25, 0.3) is 0 Å². The van der Waals surface area contributed by atoms with Crippen LogP contribution in [-0.2, 0) is 19.2 Å². The summed E-state index contributed by atoms with van der Waals surface area (Å²) in [6.07, 6.45) is 8.07. The van der Waals surface area contributed by atoms with Crippen molar-refractivity contribution >= 4 is 0 Å². The lowest BCUT2D eigenvalue weighted by molar-refractivity contribution is -0.571. The first-order valence-electron chi connectivity index (χ1n) is 9.70. The van der Waals surface area contributed by atoms with Gasteiger partial charge in [0.1, 0.15) is 0 Å². The molecule has 0 aromatic heterocycles. The maximum Gasteiger partial charge on any atom is 0.201 e. The fraction of sp³-hybridized carbons (Fsp3) is 1.00. The second-order valence-corrected chi connectivity index (χ2v) is 8.59. The molecule has 1 aliphatic carbocycles. The Morgan fingerprint density at radius 3 is 2.65 bits per heavy atom. The van der Waals surface area contributed by atoms with E-state index in [4.69, 9.17) is 19.2 Å². The molecule has 0 aromatic carbocycles. The van der Waals surface area contributed by atoms with Crippen LogP contribution in [0.25, 0.3) is 0 Å². The molecule has 0 N–H and O–H groups in total. The minimum absolute atomic E-state index is 0.264. The van der Waals surface area contributed by atoms with Crippen molar-refractivity contribution in [1.29, 1.82) is 0 Å². The molecule has 5 fully saturated rings. The molecule has 4 nitrogen and oxygen atoms in total. The largest absolute Gasteiger partial charge is 0.346 e. The summed E-state index contributed by atoms with van der Waals surface area (Å²) in [5.74, 6) is 1.46.